The van der Waals surface area contributed by atoms with Crippen molar-refractivity contribution >= 4 is 38.8 Å². The molecule has 2 aromatic heterocycles. The number of fused-ring (bicyclic) bond motifs is 1. The van der Waals surface area contributed by atoms with E-state index in [2.05, 4.69) is 23.0 Å². The third kappa shape index (κ3) is 3.18. The van der Waals surface area contributed by atoms with Crippen LogP contribution in [-0.4, -0.2) is 27.8 Å². The van der Waals surface area contributed by atoms with Gasteiger partial charge in [-0.1, -0.05) is 19.1 Å². The standard InChI is InChI=1S/C16H17N3OS2/c1-3-6-14-18-12(10-21-14)16(20)19(2)9-15-17-11-7-4-5-8-13(11)22-15/h4-5,7-8,10H,3,6,9H2,1-2H3. The normalized spacial score (nSPS) is 11.0. The van der Waals surface area contributed by atoms with Crippen molar-refractivity contribution < 1.29 is 4.79 Å². The average Bonchev–Trinajstić information content (AvgIpc) is 3.12. The van der Waals surface area contributed by atoms with Crippen LogP contribution in [0.1, 0.15) is 33.8 Å². The van der Waals surface area contributed by atoms with Crippen molar-refractivity contribution in [2.45, 2.75) is 26.3 Å². The largest absolute Gasteiger partial charge is 0.334 e. The molecule has 0 saturated heterocycles. The number of rotatable bonds is 5. The van der Waals surface area contributed by atoms with Gasteiger partial charge in [-0.3, -0.25) is 4.79 Å². The zero-order chi connectivity index (χ0) is 15.5. The number of aryl methyl sites for hydroxylation is 1. The number of hydrogen-bond donors (Lipinski definition) is 0. The van der Waals surface area contributed by atoms with Crippen LogP contribution in [0.15, 0.2) is 29.6 Å². The molecule has 0 fully saturated rings. The van der Waals surface area contributed by atoms with Crippen LogP contribution in [0.4, 0.5) is 0 Å². The molecule has 22 heavy (non-hydrogen) atoms. The number of para-hydroxylation sites is 1. The minimum Gasteiger partial charge on any atom is -0.334 e. The van der Waals surface area contributed by atoms with E-state index in [4.69, 9.17) is 0 Å². The molecule has 0 bridgehead atoms. The molecule has 0 unspecified atom stereocenters. The van der Waals surface area contributed by atoms with Crippen molar-refractivity contribution in [3.05, 3.63) is 45.4 Å². The lowest BCUT2D eigenvalue weighted by Crippen LogP contribution is -2.26. The van der Waals surface area contributed by atoms with Gasteiger partial charge in [-0.15, -0.1) is 22.7 Å². The third-order valence-electron chi connectivity index (χ3n) is 3.29. The van der Waals surface area contributed by atoms with E-state index >= 15 is 0 Å². The Balaban J connectivity index is 1.72. The van der Waals surface area contributed by atoms with Crippen LogP contribution in [0.25, 0.3) is 10.2 Å². The van der Waals surface area contributed by atoms with Crippen molar-refractivity contribution in [2.24, 2.45) is 0 Å². The summed E-state index contributed by atoms with van der Waals surface area (Å²) in [5.74, 6) is -0.0436. The summed E-state index contributed by atoms with van der Waals surface area (Å²) < 4.78 is 1.15. The SMILES string of the molecule is CCCc1nc(C(=O)N(C)Cc2nc3ccccc3s2)cs1. The highest BCUT2D eigenvalue weighted by Gasteiger charge is 2.17. The molecule has 0 aliphatic rings. The summed E-state index contributed by atoms with van der Waals surface area (Å²) in [4.78, 5) is 23.1. The number of carbonyl (C=O) groups excluding carboxylic acids is 1. The van der Waals surface area contributed by atoms with Gasteiger partial charge >= 0.3 is 0 Å². The van der Waals surface area contributed by atoms with Crippen LogP contribution in [0.5, 0.6) is 0 Å². The van der Waals surface area contributed by atoms with E-state index in [0.717, 1.165) is 33.1 Å². The average molecular weight is 331 g/mol. The fourth-order valence-electron chi connectivity index (χ4n) is 2.20. The molecule has 6 heteroatoms. The summed E-state index contributed by atoms with van der Waals surface area (Å²) in [5.41, 5.74) is 1.53. The molecule has 0 aliphatic carbocycles. The maximum absolute atomic E-state index is 12.4. The second kappa shape index (κ2) is 6.54. The van der Waals surface area contributed by atoms with Crippen molar-refractivity contribution in [2.75, 3.05) is 7.05 Å². The molecule has 0 spiro atoms. The monoisotopic (exact) mass is 331 g/mol. The summed E-state index contributed by atoms with van der Waals surface area (Å²) in [6.45, 7) is 2.63. The molecule has 0 radical (unpaired) electrons. The minimum atomic E-state index is -0.0436. The fourth-order valence-corrected chi connectivity index (χ4v) is 4.09. The molecule has 114 valence electrons. The Bertz CT molecular complexity index is 760. The van der Waals surface area contributed by atoms with Gasteiger partial charge in [-0.25, -0.2) is 9.97 Å². The summed E-state index contributed by atoms with van der Waals surface area (Å²) in [6.07, 6.45) is 1.97. The van der Waals surface area contributed by atoms with Crippen LogP contribution < -0.4 is 0 Å². The van der Waals surface area contributed by atoms with Crippen LogP contribution >= 0.6 is 22.7 Å². The highest BCUT2D eigenvalue weighted by atomic mass is 32.1. The van der Waals surface area contributed by atoms with Crippen molar-refractivity contribution in [1.82, 2.24) is 14.9 Å². The van der Waals surface area contributed by atoms with Gasteiger partial charge < -0.3 is 4.90 Å². The van der Waals surface area contributed by atoms with Gasteiger partial charge in [0, 0.05) is 12.4 Å². The number of aromatic nitrogens is 2. The fraction of sp³-hybridized carbons (Fsp3) is 0.312. The second-order valence-electron chi connectivity index (χ2n) is 5.11. The van der Waals surface area contributed by atoms with Gasteiger partial charge in [0.1, 0.15) is 10.7 Å². The van der Waals surface area contributed by atoms with Crippen molar-refractivity contribution in [1.29, 1.82) is 0 Å². The molecule has 0 aliphatic heterocycles. The molecule has 4 nitrogen and oxygen atoms in total. The molecule has 2 heterocycles. The molecule has 1 aromatic carbocycles. The molecule has 0 N–H and O–H groups in total. The summed E-state index contributed by atoms with van der Waals surface area (Å²) >= 11 is 3.19. The second-order valence-corrected chi connectivity index (χ2v) is 7.17. The van der Waals surface area contributed by atoms with E-state index in [1.165, 1.54) is 0 Å². The lowest BCUT2D eigenvalue weighted by Gasteiger charge is -2.13. The first-order valence-electron chi connectivity index (χ1n) is 7.21. The number of carbonyl (C=O) groups is 1. The zero-order valence-electron chi connectivity index (χ0n) is 12.6. The minimum absolute atomic E-state index is 0.0436. The van der Waals surface area contributed by atoms with Crippen LogP contribution in [-0.2, 0) is 13.0 Å². The van der Waals surface area contributed by atoms with Gasteiger partial charge in [-0.2, -0.15) is 0 Å². The van der Waals surface area contributed by atoms with Gasteiger partial charge in [0.15, 0.2) is 0 Å². The predicted molar refractivity (Wildman–Crippen MR) is 91.5 cm³/mol. The Morgan fingerprint density at radius 1 is 1.23 bits per heavy atom. The number of amides is 1. The molecule has 3 aromatic rings. The van der Waals surface area contributed by atoms with Crippen molar-refractivity contribution in [3.63, 3.8) is 0 Å². The molecule has 1 amide bonds. The van der Waals surface area contributed by atoms with Crippen LogP contribution in [0.3, 0.4) is 0 Å². The number of nitrogens with zero attached hydrogens (tertiary/aromatic N) is 3. The Hall–Kier alpha value is -1.79. The number of hydrogen-bond acceptors (Lipinski definition) is 5. The maximum atomic E-state index is 12.4. The van der Waals surface area contributed by atoms with E-state index in [9.17, 15) is 4.79 Å². The molecule has 3 rings (SSSR count). The summed E-state index contributed by atoms with van der Waals surface area (Å²) in [5, 5.41) is 3.82. The first-order valence-corrected chi connectivity index (χ1v) is 8.91. The van der Waals surface area contributed by atoms with Gasteiger partial charge in [-0.05, 0) is 25.0 Å². The smallest absolute Gasteiger partial charge is 0.273 e. The highest BCUT2D eigenvalue weighted by Crippen LogP contribution is 2.23. The van der Waals surface area contributed by atoms with Crippen molar-refractivity contribution in [3.8, 4) is 0 Å². The Labute approximate surface area is 137 Å². The third-order valence-corrected chi connectivity index (χ3v) is 5.22. The predicted octanol–water partition coefficient (Wildman–Crippen LogP) is 3.98. The Morgan fingerprint density at radius 2 is 2.05 bits per heavy atom. The topological polar surface area (TPSA) is 46.1 Å². The van der Waals surface area contributed by atoms with Gasteiger partial charge in [0.25, 0.3) is 5.91 Å². The maximum Gasteiger partial charge on any atom is 0.273 e. The Morgan fingerprint density at radius 3 is 2.82 bits per heavy atom. The first kappa shape index (κ1) is 15.1. The summed E-state index contributed by atoms with van der Waals surface area (Å²) in [7, 11) is 1.80. The van der Waals surface area contributed by atoms with E-state index in [-0.39, 0.29) is 5.91 Å². The van der Waals surface area contributed by atoms with Crippen LogP contribution in [0, 0.1) is 0 Å². The Kier molecular flexibility index (Phi) is 4.49. The van der Waals surface area contributed by atoms with E-state index in [0.29, 0.717) is 12.2 Å². The lowest BCUT2D eigenvalue weighted by molar-refractivity contribution is 0.0780. The van der Waals surface area contributed by atoms with E-state index in [1.54, 1.807) is 34.6 Å². The van der Waals surface area contributed by atoms with Crippen LogP contribution in [0.2, 0.25) is 0 Å². The highest BCUT2D eigenvalue weighted by molar-refractivity contribution is 7.18. The van der Waals surface area contributed by atoms with E-state index in [1.807, 2.05) is 23.6 Å². The van der Waals surface area contributed by atoms with E-state index < -0.39 is 0 Å². The molecule has 0 atom stereocenters. The molecule has 0 saturated carbocycles. The molecular formula is C16H17N3OS2. The number of thiazole rings is 2. The number of benzene rings is 1. The first-order chi connectivity index (χ1) is 10.7. The molecular weight excluding hydrogens is 314 g/mol. The quantitative estimate of drug-likeness (QED) is 0.710. The zero-order valence-corrected chi connectivity index (χ0v) is 14.2. The lowest BCUT2D eigenvalue weighted by atomic mass is 10.3. The van der Waals surface area contributed by atoms with Gasteiger partial charge in [0.2, 0.25) is 0 Å². The summed E-state index contributed by atoms with van der Waals surface area (Å²) in [6, 6.07) is 8.03. The van der Waals surface area contributed by atoms with Gasteiger partial charge in [0.05, 0.1) is 21.8 Å².